The zero-order valence-corrected chi connectivity index (χ0v) is 13.6. The van der Waals surface area contributed by atoms with Crippen LogP contribution in [-0.4, -0.2) is 42.3 Å². The summed E-state index contributed by atoms with van der Waals surface area (Å²) in [4.78, 5) is 15.4. The summed E-state index contributed by atoms with van der Waals surface area (Å²) < 4.78 is 23.5. The molecule has 0 radical (unpaired) electrons. The number of ether oxygens (including phenoxy) is 4. The van der Waals surface area contributed by atoms with Crippen LogP contribution in [0, 0.1) is 0 Å². The van der Waals surface area contributed by atoms with Gasteiger partial charge in [-0.3, -0.25) is 4.79 Å². The van der Waals surface area contributed by atoms with Gasteiger partial charge in [-0.2, -0.15) is 0 Å². The molecule has 0 aliphatic carbocycles. The molecule has 120 valence electrons. The SMILES string of the molecule is O=C1C[C@H](c2c[nH]c3ccc(Br)cc23)[C@H]2O[C@@H]3OCO[C@@H]3[C@H]2O1. The summed E-state index contributed by atoms with van der Waals surface area (Å²) in [5, 5.41) is 1.08. The Morgan fingerprint density at radius 2 is 2.09 bits per heavy atom. The smallest absolute Gasteiger partial charge is 0.306 e. The van der Waals surface area contributed by atoms with Gasteiger partial charge in [-0.25, -0.2) is 0 Å². The second-order valence-electron chi connectivity index (χ2n) is 6.08. The number of carbonyl (C=O) groups is 1. The number of halogens is 1. The molecule has 5 atom stereocenters. The van der Waals surface area contributed by atoms with Gasteiger partial charge in [-0.1, -0.05) is 15.9 Å². The molecule has 3 fully saturated rings. The third-order valence-electron chi connectivity index (χ3n) is 4.83. The van der Waals surface area contributed by atoms with Gasteiger partial charge < -0.3 is 23.9 Å². The molecular weight excluding hydrogens is 366 g/mol. The fourth-order valence-electron chi connectivity index (χ4n) is 3.81. The van der Waals surface area contributed by atoms with Gasteiger partial charge in [0.05, 0.1) is 6.42 Å². The minimum atomic E-state index is -0.449. The van der Waals surface area contributed by atoms with Gasteiger partial charge in [0, 0.05) is 27.5 Å². The number of nitrogens with one attached hydrogen (secondary N) is 1. The van der Waals surface area contributed by atoms with Crippen molar-refractivity contribution in [1.29, 1.82) is 0 Å². The van der Waals surface area contributed by atoms with Gasteiger partial charge in [0.2, 0.25) is 0 Å². The van der Waals surface area contributed by atoms with E-state index in [1.807, 2.05) is 18.3 Å². The Morgan fingerprint density at radius 1 is 1.17 bits per heavy atom. The zero-order valence-electron chi connectivity index (χ0n) is 12.0. The number of hydrogen-bond donors (Lipinski definition) is 1. The van der Waals surface area contributed by atoms with Crippen LogP contribution in [0.25, 0.3) is 10.9 Å². The molecule has 1 N–H and O–H groups in total. The Labute approximate surface area is 140 Å². The Morgan fingerprint density at radius 3 is 3.00 bits per heavy atom. The van der Waals surface area contributed by atoms with Crippen LogP contribution in [0.1, 0.15) is 17.9 Å². The molecule has 0 unspecified atom stereocenters. The first-order chi connectivity index (χ1) is 11.2. The van der Waals surface area contributed by atoms with Crippen LogP contribution < -0.4 is 0 Å². The Hall–Kier alpha value is -1.41. The van der Waals surface area contributed by atoms with Crippen LogP contribution >= 0.6 is 15.9 Å². The topological polar surface area (TPSA) is 69.8 Å². The summed E-state index contributed by atoms with van der Waals surface area (Å²) in [5.74, 6) is -0.303. The molecule has 0 amide bonds. The van der Waals surface area contributed by atoms with E-state index in [4.69, 9.17) is 18.9 Å². The molecule has 1 aromatic heterocycles. The molecule has 23 heavy (non-hydrogen) atoms. The van der Waals surface area contributed by atoms with Gasteiger partial charge in [0.25, 0.3) is 0 Å². The van der Waals surface area contributed by atoms with Crippen molar-refractivity contribution >= 4 is 32.8 Å². The van der Waals surface area contributed by atoms with Crippen molar-refractivity contribution in [3.63, 3.8) is 0 Å². The summed E-state index contributed by atoms with van der Waals surface area (Å²) in [5.41, 5.74) is 2.09. The maximum absolute atomic E-state index is 12.1. The molecule has 5 rings (SSSR count). The van der Waals surface area contributed by atoms with E-state index in [1.165, 1.54) is 0 Å². The molecular formula is C16H14BrNO5. The molecule has 1 aromatic carbocycles. The summed E-state index contributed by atoms with van der Waals surface area (Å²) in [6, 6.07) is 6.05. The molecule has 2 aromatic rings. The van der Waals surface area contributed by atoms with Crippen LogP contribution in [0.15, 0.2) is 28.9 Å². The standard InChI is InChI=1S/C16H14BrNO5/c17-7-1-2-11-8(3-7)10(5-18-11)9-4-12(19)22-14-13(9)23-16-15(14)20-6-21-16/h1-3,5,9,13-16,18H,4,6H2/t9-,13-,14+,15-,16+/m1/s1. The van der Waals surface area contributed by atoms with Crippen molar-refractivity contribution in [2.45, 2.75) is 36.9 Å². The molecule has 3 aliphatic rings. The Balaban J connectivity index is 1.58. The number of carbonyl (C=O) groups excluding carboxylic acids is 1. The lowest BCUT2D eigenvalue weighted by Crippen LogP contribution is -2.44. The normalized spacial score (nSPS) is 36.0. The maximum Gasteiger partial charge on any atom is 0.306 e. The van der Waals surface area contributed by atoms with Crippen LogP contribution in [0.3, 0.4) is 0 Å². The van der Waals surface area contributed by atoms with Crippen molar-refractivity contribution in [1.82, 2.24) is 4.98 Å². The number of aromatic amines is 1. The second-order valence-corrected chi connectivity index (χ2v) is 7.00. The number of esters is 1. The van der Waals surface area contributed by atoms with Crippen molar-refractivity contribution in [2.24, 2.45) is 0 Å². The Kier molecular flexibility index (Phi) is 3.06. The highest BCUT2D eigenvalue weighted by atomic mass is 79.9. The minimum absolute atomic E-state index is 0.0814. The lowest BCUT2D eigenvalue weighted by molar-refractivity contribution is -0.177. The number of rotatable bonds is 1. The quantitative estimate of drug-likeness (QED) is 0.770. The lowest BCUT2D eigenvalue weighted by atomic mass is 9.85. The van der Waals surface area contributed by atoms with Crippen LogP contribution in [0.2, 0.25) is 0 Å². The molecule has 4 heterocycles. The predicted octanol–water partition coefficient (Wildman–Crippen LogP) is 2.43. The van der Waals surface area contributed by atoms with Crippen molar-refractivity contribution in [3.05, 3.63) is 34.4 Å². The van der Waals surface area contributed by atoms with Crippen LogP contribution in [-0.2, 0) is 23.7 Å². The highest BCUT2D eigenvalue weighted by Gasteiger charge is 2.56. The van der Waals surface area contributed by atoms with E-state index in [1.54, 1.807) is 0 Å². The maximum atomic E-state index is 12.1. The first-order valence-electron chi connectivity index (χ1n) is 7.55. The number of benzene rings is 1. The van der Waals surface area contributed by atoms with Crippen molar-refractivity contribution in [2.75, 3.05) is 6.79 Å². The molecule has 6 nitrogen and oxygen atoms in total. The summed E-state index contributed by atoms with van der Waals surface area (Å²) >= 11 is 3.51. The lowest BCUT2D eigenvalue weighted by Gasteiger charge is -2.33. The van der Waals surface area contributed by atoms with Gasteiger partial charge in [0.15, 0.2) is 25.3 Å². The van der Waals surface area contributed by atoms with Crippen molar-refractivity contribution < 1.29 is 23.7 Å². The number of aromatic nitrogens is 1. The third kappa shape index (κ3) is 2.07. The van der Waals surface area contributed by atoms with Crippen molar-refractivity contribution in [3.8, 4) is 0 Å². The van der Waals surface area contributed by atoms with E-state index in [-0.39, 0.29) is 30.9 Å². The van der Waals surface area contributed by atoms with Crippen LogP contribution in [0.4, 0.5) is 0 Å². The van der Waals surface area contributed by atoms with E-state index in [0.717, 1.165) is 20.9 Å². The fraction of sp³-hybridized carbons (Fsp3) is 0.438. The van der Waals surface area contributed by atoms with E-state index < -0.39 is 12.4 Å². The average Bonchev–Trinajstić information content (AvgIpc) is 3.20. The fourth-order valence-corrected chi connectivity index (χ4v) is 4.17. The zero-order chi connectivity index (χ0) is 15.6. The summed E-state index contributed by atoms with van der Waals surface area (Å²) in [7, 11) is 0. The van der Waals surface area contributed by atoms with E-state index in [2.05, 4.69) is 27.0 Å². The highest BCUT2D eigenvalue weighted by Crippen LogP contribution is 2.44. The second kappa shape index (κ2) is 5.04. The molecule has 0 bridgehead atoms. The van der Waals surface area contributed by atoms with Gasteiger partial charge in [0.1, 0.15) is 6.10 Å². The van der Waals surface area contributed by atoms with Gasteiger partial charge in [-0.15, -0.1) is 0 Å². The first kappa shape index (κ1) is 14.0. The monoisotopic (exact) mass is 379 g/mol. The Bertz CT molecular complexity index is 790. The van der Waals surface area contributed by atoms with E-state index in [9.17, 15) is 4.79 Å². The van der Waals surface area contributed by atoms with Gasteiger partial charge >= 0.3 is 5.97 Å². The molecule has 0 saturated carbocycles. The summed E-state index contributed by atoms with van der Waals surface area (Å²) in [6.07, 6.45) is 0.808. The minimum Gasteiger partial charge on any atom is -0.457 e. The largest absolute Gasteiger partial charge is 0.457 e. The number of fused-ring (bicyclic) bond motifs is 4. The highest BCUT2D eigenvalue weighted by molar-refractivity contribution is 9.10. The van der Waals surface area contributed by atoms with E-state index in [0.29, 0.717) is 6.42 Å². The number of hydrogen-bond acceptors (Lipinski definition) is 5. The van der Waals surface area contributed by atoms with E-state index >= 15 is 0 Å². The third-order valence-corrected chi connectivity index (χ3v) is 5.32. The number of H-pyrrole nitrogens is 1. The van der Waals surface area contributed by atoms with Crippen LogP contribution in [0.5, 0.6) is 0 Å². The molecule has 3 saturated heterocycles. The first-order valence-corrected chi connectivity index (χ1v) is 8.35. The summed E-state index contributed by atoms with van der Waals surface area (Å²) in [6.45, 7) is 0.181. The predicted molar refractivity (Wildman–Crippen MR) is 82.7 cm³/mol. The van der Waals surface area contributed by atoms with Gasteiger partial charge in [-0.05, 0) is 23.8 Å². The molecule has 0 spiro atoms. The molecule has 3 aliphatic heterocycles. The average molecular weight is 380 g/mol. The molecule has 7 heteroatoms.